The molecule has 1 amide bonds. The molecule has 9 heteroatoms. The summed E-state index contributed by atoms with van der Waals surface area (Å²) >= 11 is 0. The maximum atomic E-state index is 13.4. The molecule has 0 bridgehead atoms. The largest absolute Gasteiger partial charge is 0.453 e. The van der Waals surface area contributed by atoms with E-state index in [4.69, 9.17) is 9.57 Å². The molecule has 1 aliphatic heterocycles. The summed E-state index contributed by atoms with van der Waals surface area (Å²) in [4.78, 5) is 30.1. The van der Waals surface area contributed by atoms with Crippen LogP contribution in [0.5, 0.6) is 0 Å². The minimum Gasteiger partial charge on any atom is -0.453 e. The van der Waals surface area contributed by atoms with Crippen LogP contribution in [0.4, 0.5) is 10.2 Å². The Morgan fingerprint density at radius 1 is 1.33 bits per heavy atom. The van der Waals surface area contributed by atoms with Gasteiger partial charge in [-0.15, -0.1) is 0 Å². The molecule has 0 unspecified atom stereocenters. The number of esters is 1. The zero-order valence-electron chi connectivity index (χ0n) is 18.6. The molecule has 2 heterocycles. The molecule has 2 aliphatic rings. The third kappa shape index (κ3) is 4.60. The van der Waals surface area contributed by atoms with Gasteiger partial charge in [0.05, 0.1) is 11.3 Å². The number of aromatic nitrogens is 1. The highest BCUT2D eigenvalue weighted by Gasteiger charge is 2.31. The number of amides is 1. The minimum atomic E-state index is -1.00. The van der Waals surface area contributed by atoms with Crippen molar-refractivity contribution >= 4 is 23.4 Å². The number of oxime groups is 1. The highest BCUT2D eigenvalue weighted by atomic mass is 19.1. The number of carbonyl (C=O) groups excluding carboxylic acids is 2. The Kier molecular flexibility index (Phi) is 6.45. The number of nitrogens with zero attached hydrogens (tertiary/aromatic N) is 3. The standard InChI is InChI=1S/C24H25FN4O4/c1-14-15(2)29(18-8-3-4-9-18)23(19(14)12-26)27-22(30)13-32-24(31)21-11-20(28-33-21)16-6-5-7-17(25)10-16/h5-7,10,18,21H,3-4,8-9,11,13H2,1-2H3,(H,27,30)/t21-/m0/s1. The summed E-state index contributed by atoms with van der Waals surface area (Å²) < 4.78 is 20.6. The number of hydrogen-bond acceptors (Lipinski definition) is 6. The molecule has 1 N–H and O–H groups in total. The van der Waals surface area contributed by atoms with Crippen LogP contribution in [-0.4, -0.2) is 34.9 Å². The van der Waals surface area contributed by atoms with E-state index in [1.807, 2.05) is 18.4 Å². The van der Waals surface area contributed by atoms with E-state index >= 15 is 0 Å². The fourth-order valence-corrected chi connectivity index (χ4v) is 4.45. The van der Waals surface area contributed by atoms with Gasteiger partial charge in [-0.2, -0.15) is 5.26 Å². The summed E-state index contributed by atoms with van der Waals surface area (Å²) in [6.07, 6.45) is 3.31. The lowest BCUT2D eigenvalue weighted by Gasteiger charge is -2.19. The maximum Gasteiger partial charge on any atom is 0.351 e. The highest BCUT2D eigenvalue weighted by Crippen LogP contribution is 2.37. The molecule has 33 heavy (non-hydrogen) atoms. The molecule has 4 rings (SSSR count). The molecular weight excluding hydrogens is 427 g/mol. The first-order chi connectivity index (χ1) is 15.9. The van der Waals surface area contributed by atoms with Gasteiger partial charge in [-0.3, -0.25) is 4.79 Å². The fraction of sp³-hybridized carbons (Fsp3) is 0.417. The molecule has 1 aliphatic carbocycles. The third-order valence-electron chi connectivity index (χ3n) is 6.25. The van der Waals surface area contributed by atoms with Crippen LogP contribution in [0.15, 0.2) is 29.4 Å². The number of carbonyl (C=O) groups is 2. The third-order valence-corrected chi connectivity index (χ3v) is 6.25. The summed E-state index contributed by atoms with van der Waals surface area (Å²) in [5.74, 6) is -1.24. The van der Waals surface area contributed by atoms with Crippen LogP contribution in [0.25, 0.3) is 0 Å². The smallest absolute Gasteiger partial charge is 0.351 e. The monoisotopic (exact) mass is 452 g/mol. The topological polar surface area (TPSA) is 106 Å². The van der Waals surface area contributed by atoms with E-state index in [-0.39, 0.29) is 12.5 Å². The van der Waals surface area contributed by atoms with Gasteiger partial charge in [0.2, 0.25) is 6.10 Å². The second-order valence-corrected chi connectivity index (χ2v) is 8.36. The first-order valence-electron chi connectivity index (χ1n) is 11.0. The van der Waals surface area contributed by atoms with E-state index in [9.17, 15) is 19.2 Å². The zero-order valence-corrected chi connectivity index (χ0v) is 18.6. The van der Waals surface area contributed by atoms with Crippen molar-refractivity contribution in [1.82, 2.24) is 4.57 Å². The van der Waals surface area contributed by atoms with Gasteiger partial charge in [0, 0.05) is 23.7 Å². The van der Waals surface area contributed by atoms with Crippen LogP contribution in [0.1, 0.15) is 60.5 Å². The number of rotatable bonds is 6. The van der Waals surface area contributed by atoms with Crippen molar-refractivity contribution < 1.29 is 23.6 Å². The second-order valence-electron chi connectivity index (χ2n) is 8.36. The van der Waals surface area contributed by atoms with Crippen molar-refractivity contribution in [3.63, 3.8) is 0 Å². The average Bonchev–Trinajstić information content (AvgIpc) is 3.54. The van der Waals surface area contributed by atoms with Crippen LogP contribution in [0.2, 0.25) is 0 Å². The zero-order chi connectivity index (χ0) is 23.5. The number of halogens is 1. The van der Waals surface area contributed by atoms with Crippen molar-refractivity contribution in [2.45, 2.75) is 58.1 Å². The van der Waals surface area contributed by atoms with Gasteiger partial charge in [0.15, 0.2) is 6.61 Å². The summed E-state index contributed by atoms with van der Waals surface area (Å²) in [5.41, 5.74) is 3.15. The fourth-order valence-electron chi connectivity index (χ4n) is 4.45. The Hall–Kier alpha value is -3.67. The molecule has 172 valence electrons. The van der Waals surface area contributed by atoms with Crippen LogP contribution in [-0.2, 0) is 19.2 Å². The van der Waals surface area contributed by atoms with E-state index in [1.54, 1.807) is 12.1 Å². The van der Waals surface area contributed by atoms with Crippen molar-refractivity contribution in [2.24, 2.45) is 5.16 Å². The Labute approximate surface area is 191 Å². The molecule has 1 aromatic carbocycles. The Morgan fingerprint density at radius 3 is 2.79 bits per heavy atom. The quantitative estimate of drug-likeness (QED) is 0.669. The van der Waals surface area contributed by atoms with Gasteiger partial charge in [0.25, 0.3) is 5.91 Å². The van der Waals surface area contributed by atoms with Crippen molar-refractivity contribution in [2.75, 3.05) is 11.9 Å². The van der Waals surface area contributed by atoms with Crippen LogP contribution in [0, 0.1) is 31.0 Å². The predicted octanol–water partition coefficient (Wildman–Crippen LogP) is 3.91. The lowest BCUT2D eigenvalue weighted by Crippen LogP contribution is -2.29. The second kappa shape index (κ2) is 9.45. The summed E-state index contributed by atoms with van der Waals surface area (Å²) in [6, 6.07) is 8.25. The molecule has 0 spiro atoms. The Balaban J connectivity index is 1.37. The molecule has 1 atom stereocenters. The lowest BCUT2D eigenvalue weighted by atomic mass is 10.1. The molecular formula is C24H25FN4O4. The van der Waals surface area contributed by atoms with Gasteiger partial charge in [0.1, 0.15) is 17.7 Å². The van der Waals surface area contributed by atoms with Crippen LogP contribution < -0.4 is 5.32 Å². The molecule has 1 fully saturated rings. The van der Waals surface area contributed by atoms with Gasteiger partial charge < -0.3 is 19.5 Å². The molecule has 0 saturated heterocycles. The Morgan fingerprint density at radius 2 is 2.09 bits per heavy atom. The molecule has 1 aromatic heterocycles. The molecule has 1 saturated carbocycles. The summed E-state index contributed by atoms with van der Waals surface area (Å²) in [6.45, 7) is 3.28. The van der Waals surface area contributed by atoms with Gasteiger partial charge in [-0.25, -0.2) is 9.18 Å². The number of nitriles is 1. The van der Waals surface area contributed by atoms with Crippen LogP contribution >= 0.6 is 0 Å². The number of anilines is 1. The number of nitrogens with one attached hydrogen (secondary N) is 1. The maximum absolute atomic E-state index is 13.4. The van der Waals surface area contributed by atoms with Crippen molar-refractivity contribution in [1.29, 1.82) is 5.26 Å². The van der Waals surface area contributed by atoms with E-state index in [0.717, 1.165) is 36.9 Å². The lowest BCUT2D eigenvalue weighted by molar-refractivity contribution is -0.157. The van der Waals surface area contributed by atoms with Crippen molar-refractivity contribution in [3.8, 4) is 6.07 Å². The van der Waals surface area contributed by atoms with Gasteiger partial charge in [-0.1, -0.05) is 30.1 Å². The minimum absolute atomic E-state index is 0.116. The average molecular weight is 452 g/mol. The van der Waals surface area contributed by atoms with Gasteiger partial charge >= 0.3 is 5.97 Å². The molecule has 0 radical (unpaired) electrons. The molecule has 2 aromatic rings. The first-order valence-corrected chi connectivity index (χ1v) is 11.0. The van der Waals surface area contributed by atoms with E-state index in [2.05, 4.69) is 16.5 Å². The van der Waals surface area contributed by atoms with Crippen LogP contribution in [0.3, 0.4) is 0 Å². The molecule has 8 nitrogen and oxygen atoms in total. The van der Waals surface area contributed by atoms with Gasteiger partial charge in [-0.05, 0) is 44.4 Å². The van der Waals surface area contributed by atoms with E-state index in [1.165, 1.54) is 12.1 Å². The SMILES string of the molecule is Cc1c(C#N)c(NC(=O)COC(=O)[C@@H]2CC(c3cccc(F)c3)=NO2)n(C2CCCC2)c1C. The summed E-state index contributed by atoms with van der Waals surface area (Å²) in [5, 5.41) is 16.3. The predicted molar refractivity (Wildman–Crippen MR) is 118 cm³/mol. The Bertz CT molecular complexity index is 1160. The highest BCUT2D eigenvalue weighted by molar-refractivity contribution is 6.03. The van der Waals surface area contributed by atoms with E-state index < -0.39 is 30.4 Å². The van der Waals surface area contributed by atoms with E-state index in [0.29, 0.717) is 22.7 Å². The number of hydrogen-bond donors (Lipinski definition) is 1. The van der Waals surface area contributed by atoms with Crippen molar-refractivity contribution in [3.05, 3.63) is 52.5 Å². The number of ether oxygens (including phenoxy) is 1. The number of benzene rings is 1. The summed E-state index contributed by atoms with van der Waals surface area (Å²) in [7, 11) is 0. The normalized spacial score (nSPS) is 17.9. The first kappa shape index (κ1) is 22.5.